The number of hydrogen-bond acceptors (Lipinski definition) is 6. The predicted molar refractivity (Wildman–Crippen MR) is 122 cm³/mol. The maximum absolute atomic E-state index is 12.9. The fourth-order valence-electron chi connectivity index (χ4n) is 3.21. The molecule has 7 nitrogen and oxygen atoms in total. The highest BCUT2D eigenvalue weighted by Gasteiger charge is 2.23. The monoisotopic (exact) mass is 429 g/mol. The number of benzene rings is 3. The van der Waals surface area contributed by atoms with E-state index < -0.39 is 6.10 Å². The Morgan fingerprint density at radius 1 is 0.906 bits per heavy atom. The molecule has 1 N–H and O–H groups in total. The van der Waals surface area contributed by atoms with Crippen molar-refractivity contribution >= 4 is 11.6 Å². The highest BCUT2D eigenvalue weighted by molar-refractivity contribution is 5.95. The van der Waals surface area contributed by atoms with E-state index in [2.05, 4.69) is 15.5 Å². The van der Waals surface area contributed by atoms with Gasteiger partial charge in [-0.3, -0.25) is 4.79 Å². The molecule has 7 heteroatoms. The average Bonchev–Trinajstić information content (AvgIpc) is 3.34. The maximum Gasteiger partial charge on any atom is 0.265 e. The van der Waals surface area contributed by atoms with Crippen molar-refractivity contribution in [2.75, 3.05) is 12.4 Å². The molecule has 1 aromatic heterocycles. The number of aromatic nitrogens is 2. The molecule has 4 rings (SSSR count). The first-order valence-corrected chi connectivity index (χ1v) is 10.3. The van der Waals surface area contributed by atoms with Gasteiger partial charge in [-0.1, -0.05) is 49.4 Å². The van der Waals surface area contributed by atoms with E-state index in [9.17, 15) is 4.79 Å². The van der Waals surface area contributed by atoms with E-state index in [0.29, 0.717) is 41.0 Å². The minimum Gasteiger partial charge on any atom is -0.495 e. The number of nitrogens with one attached hydrogen (secondary N) is 1. The topological polar surface area (TPSA) is 86.5 Å². The van der Waals surface area contributed by atoms with Crippen LogP contribution in [0, 0.1) is 0 Å². The summed E-state index contributed by atoms with van der Waals surface area (Å²) in [6.07, 6.45) is -0.258. The van der Waals surface area contributed by atoms with Gasteiger partial charge in [0.05, 0.1) is 18.4 Å². The van der Waals surface area contributed by atoms with Gasteiger partial charge in [-0.05, 0) is 42.8 Å². The fraction of sp³-hybridized carbons (Fsp3) is 0.160. The van der Waals surface area contributed by atoms with Crippen LogP contribution in [-0.4, -0.2) is 29.3 Å². The van der Waals surface area contributed by atoms with Crippen molar-refractivity contribution in [3.8, 4) is 34.4 Å². The first-order valence-electron chi connectivity index (χ1n) is 10.3. The van der Waals surface area contributed by atoms with Crippen molar-refractivity contribution in [1.82, 2.24) is 10.2 Å². The van der Waals surface area contributed by atoms with Crippen LogP contribution in [0.2, 0.25) is 0 Å². The maximum atomic E-state index is 12.9. The lowest BCUT2D eigenvalue weighted by molar-refractivity contribution is -0.122. The summed E-state index contributed by atoms with van der Waals surface area (Å²) in [5, 5.41) is 11.2. The van der Waals surface area contributed by atoms with Crippen LogP contribution in [0.15, 0.2) is 83.3 Å². The summed E-state index contributed by atoms with van der Waals surface area (Å²) < 4.78 is 17.3. The van der Waals surface area contributed by atoms with Gasteiger partial charge in [-0.25, -0.2) is 0 Å². The van der Waals surface area contributed by atoms with Crippen molar-refractivity contribution in [2.24, 2.45) is 0 Å². The Balaban J connectivity index is 1.56. The van der Waals surface area contributed by atoms with Crippen LogP contribution in [0.5, 0.6) is 11.5 Å². The molecule has 3 aromatic carbocycles. The van der Waals surface area contributed by atoms with Gasteiger partial charge in [-0.15, -0.1) is 10.2 Å². The van der Waals surface area contributed by atoms with Crippen LogP contribution in [0.25, 0.3) is 22.9 Å². The Morgan fingerprint density at radius 3 is 2.31 bits per heavy atom. The Morgan fingerprint density at radius 2 is 1.56 bits per heavy atom. The number of ether oxygens (including phenoxy) is 2. The third-order valence-electron chi connectivity index (χ3n) is 4.86. The lowest BCUT2D eigenvalue weighted by Gasteiger charge is -2.19. The number of nitrogens with zero attached hydrogens (tertiary/aromatic N) is 2. The minimum atomic E-state index is -0.724. The van der Waals surface area contributed by atoms with Gasteiger partial charge in [-0.2, -0.15) is 0 Å². The number of carbonyl (C=O) groups excluding carboxylic acids is 1. The molecule has 1 heterocycles. The van der Waals surface area contributed by atoms with E-state index in [1.807, 2.05) is 67.6 Å². The molecule has 0 bridgehead atoms. The number of anilines is 1. The molecule has 162 valence electrons. The minimum absolute atomic E-state index is 0.276. The number of amides is 1. The van der Waals surface area contributed by atoms with Crippen LogP contribution >= 0.6 is 0 Å². The second kappa shape index (κ2) is 9.78. The summed E-state index contributed by atoms with van der Waals surface area (Å²) in [4.78, 5) is 12.9. The van der Waals surface area contributed by atoms with E-state index >= 15 is 0 Å². The van der Waals surface area contributed by atoms with E-state index in [1.165, 1.54) is 0 Å². The fourth-order valence-corrected chi connectivity index (χ4v) is 3.21. The van der Waals surface area contributed by atoms with Crippen molar-refractivity contribution < 1.29 is 18.7 Å². The van der Waals surface area contributed by atoms with Crippen LogP contribution in [-0.2, 0) is 4.79 Å². The zero-order valence-electron chi connectivity index (χ0n) is 17.8. The summed E-state index contributed by atoms with van der Waals surface area (Å²) in [5.41, 5.74) is 2.03. The molecule has 1 atom stereocenters. The van der Waals surface area contributed by atoms with Gasteiger partial charge in [0.1, 0.15) is 11.5 Å². The molecule has 0 saturated carbocycles. The first kappa shape index (κ1) is 21.1. The molecule has 1 amide bonds. The molecular formula is C25H23N3O4. The van der Waals surface area contributed by atoms with E-state index in [1.54, 1.807) is 25.3 Å². The number of para-hydroxylation sites is 3. The van der Waals surface area contributed by atoms with Gasteiger partial charge < -0.3 is 19.2 Å². The van der Waals surface area contributed by atoms with Crippen molar-refractivity contribution in [1.29, 1.82) is 0 Å². The van der Waals surface area contributed by atoms with E-state index in [4.69, 9.17) is 13.9 Å². The average molecular weight is 429 g/mol. The smallest absolute Gasteiger partial charge is 0.265 e. The summed E-state index contributed by atoms with van der Waals surface area (Å²) in [5.74, 6) is 1.52. The molecule has 0 fully saturated rings. The van der Waals surface area contributed by atoms with E-state index in [-0.39, 0.29) is 5.91 Å². The largest absolute Gasteiger partial charge is 0.495 e. The lowest BCUT2D eigenvalue weighted by Crippen LogP contribution is -2.32. The van der Waals surface area contributed by atoms with Crippen molar-refractivity contribution in [2.45, 2.75) is 19.4 Å². The molecule has 4 aromatic rings. The van der Waals surface area contributed by atoms with Gasteiger partial charge >= 0.3 is 0 Å². The van der Waals surface area contributed by atoms with E-state index in [0.717, 1.165) is 5.56 Å². The molecule has 0 spiro atoms. The molecule has 0 unspecified atom stereocenters. The number of rotatable bonds is 8. The Labute approximate surface area is 186 Å². The van der Waals surface area contributed by atoms with Crippen LogP contribution in [0.1, 0.15) is 13.3 Å². The SMILES string of the molecule is CC[C@@H](Oc1ccccc1-c1nnc(-c2ccccc2)o1)C(=O)Nc1ccccc1OC. The molecule has 32 heavy (non-hydrogen) atoms. The van der Waals surface area contributed by atoms with Crippen LogP contribution < -0.4 is 14.8 Å². The zero-order valence-corrected chi connectivity index (χ0v) is 17.8. The Kier molecular flexibility index (Phi) is 6.46. The molecule has 0 aliphatic carbocycles. The summed E-state index contributed by atoms with van der Waals surface area (Å²) in [7, 11) is 1.56. The first-order chi connectivity index (χ1) is 15.7. The molecule has 0 aliphatic heterocycles. The van der Waals surface area contributed by atoms with Crippen molar-refractivity contribution in [3.05, 3.63) is 78.9 Å². The highest BCUT2D eigenvalue weighted by atomic mass is 16.5. The Hall–Kier alpha value is -4.13. The van der Waals surface area contributed by atoms with Gasteiger partial charge in [0, 0.05) is 5.56 Å². The standard InChI is InChI=1S/C25H23N3O4/c1-3-20(23(29)26-19-14-8-10-16-22(19)30-2)31-21-15-9-7-13-18(21)25-28-27-24(32-25)17-11-5-4-6-12-17/h4-16,20H,3H2,1-2H3,(H,26,29)/t20-/m1/s1. The predicted octanol–water partition coefficient (Wildman–Crippen LogP) is 5.21. The third-order valence-corrected chi connectivity index (χ3v) is 4.86. The zero-order chi connectivity index (χ0) is 22.3. The summed E-state index contributed by atoms with van der Waals surface area (Å²) in [6.45, 7) is 1.88. The summed E-state index contributed by atoms with van der Waals surface area (Å²) in [6, 6.07) is 24.0. The van der Waals surface area contributed by atoms with Gasteiger partial charge in [0.2, 0.25) is 5.89 Å². The number of carbonyl (C=O) groups is 1. The Bertz CT molecular complexity index is 1190. The second-order valence-corrected chi connectivity index (χ2v) is 6.98. The second-order valence-electron chi connectivity index (χ2n) is 6.98. The number of hydrogen-bond donors (Lipinski definition) is 1. The highest BCUT2D eigenvalue weighted by Crippen LogP contribution is 2.32. The molecular weight excluding hydrogens is 406 g/mol. The van der Waals surface area contributed by atoms with Crippen LogP contribution in [0.3, 0.4) is 0 Å². The van der Waals surface area contributed by atoms with Crippen molar-refractivity contribution in [3.63, 3.8) is 0 Å². The molecule has 0 radical (unpaired) electrons. The molecule has 0 saturated heterocycles. The quantitative estimate of drug-likeness (QED) is 0.414. The summed E-state index contributed by atoms with van der Waals surface area (Å²) >= 11 is 0. The normalized spacial score (nSPS) is 11.6. The van der Waals surface area contributed by atoms with Gasteiger partial charge in [0.15, 0.2) is 6.10 Å². The lowest BCUT2D eigenvalue weighted by atomic mass is 10.2. The van der Waals surface area contributed by atoms with Crippen LogP contribution in [0.4, 0.5) is 5.69 Å². The van der Waals surface area contributed by atoms with Gasteiger partial charge in [0.25, 0.3) is 11.8 Å². The number of methoxy groups -OCH3 is 1. The molecule has 0 aliphatic rings. The third kappa shape index (κ3) is 4.62.